The molecule has 1 aliphatic heterocycles. The third kappa shape index (κ3) is 3.84. The monoisotopic (exact) mass is 344 g/mol. The van der Waals surface area contributed by atoms with E-state index in [0.29, 0.717) is 23.7 Å². The number of likely N-dealkylation sites (tertiary alicyclic amines) is 1. The van der Waals surface area contributed by atoms with E-state index in [-0.39, 0.29) is 17.9 Å². The van der Waals surface area contributed by atoms with Crippen molar-refractivity contribution in [1.29, 1.82) is 0 Å². The number of carbonyl (C=O) groups excluding carboxylic acids is 1. The van der Waals surface area contributed by atoms with Gasteiger partial charge in [0.2, 0.25) is 0 Å². The van der Waals surface area contributed by atoms with Crippen molar-refractivity contribution < 1.29 is 18.7 Å². The maximum atomic E-state index is 13.1. The SMILES string of the molecule is COc1cc(NC(=O)N2CCC[C@@H]2c2ccc(F)cc2)cc(OC)c1. The molecule has 2 aromatic carbocycles. The average molecular weight is 344 g/mol. The molecule has 3 rings (SSSR count). The van der Waals surface area contributed by atoms with Gasteiger partial charge in [0.1, 0.15) is 17.3 Å². The molecule has 1 N–H and O–H groups in total. The summed E-state index contributed by atoms with van der Waals surface area (Å²) in [5, 5.41) is 2.90. The van der Waals surface area contributed by atoms with Crippen molar-refractivity contribution in [2.45, 2.75) is 18.9 Å². The molecule has 132 valence electrons. The topological polar surface area (TPSA) is 50.8 Å². The van der Waals surface area contributed by atoms with Crippen molar-refractivity contribution in [3.8, 4) is 11.5 Å². The third-order valence-corrected chi connectivity index (χ3v) is 4.37. The summed E-state index contributed by atoms with van der Waals surface area (Å²) in [7, 11) is 3.12. The van der Waals surface area contributed by atoms with Gasteiger partial charge in [-0.2, -0.15) is 0 Å². The van der Waals surface area contributed by atoms with Gasteiger partial charge in [-0.3, -0.25) is 0 Å². The molecule has 0 aliphatic carbocycles. The summed E-state index contributed by atoms with van der Waals surface area (Å²) in [6, 6.07) is 11.3. The Bertz CT molecular complexity index is 727. The lowest BCUT2D eigenvalue weighted by Crippen LogP contribution is -2.34. The molecular formula is C19H21FN2O3. The van der Waals surface area contributed by atoms with Gasteiger partial charge in [0, 0.05) is 30.4 Å². The minimum Gasteiger partial charge on any atom is -0.497 e. The highest BCUT2D eigenvalue weighted by molar-refractivity contribution is 5.90. The fourth-order valence-corrected chi connectivity index (χ4v) is 3.12. The lowest BCUT2D eigenvalue weighted by atomic mass is 10.0. The van der Waals surface area contributed by atoms with E-state index in [4.69, 9.17) is 9.47 Å². The van der Waals surface area contributed by atoms with Gasteiger partial charge in [0.15, 0.2) is 0 Å². The number of benzene rings is 2. The first-order chi connectivity index (χ1) is 12.1. The molecule has 1 saturated heterocycles. The second-order valence-corrected chi connectivity index (χ2v) is 5.93. The van der Waals surface area contributed by atoms with Crippen molar-refractivity contribution in [2.75, 3.05) is 26.1 Å². The van der Waals surface area contributed by atoms with Crippen LogP contribution in [0.5, 0.6) is 11.5 Å². The van der Waals surface area contributed by atoms with Crippen LogP contribution in [0, 0.1) is 5.82 Å². The smallest absolute Gasteiger partial charge is 0.322 e. The largest absolute Gasteiger partial charge is 0.497 e. The van der Waals surface area contributed by atoms with Crippen molar-refractivity contribution in [3.63, 3.8) is 0 Å². The number of ether oxygens (including phenoxy) is 2. The van der Waals surface area contributed by atoms with Crippen LogP contribution in [0.2, 0.25) is 0 Å². The first kappa shape index (κ1) is 17.1. The van der Waals surface area contributed by atoms with Gasteiger partial charge in [0.05, 0.1) is 20.3 Å². The second kappa shape index (κ2) is 7.42. The third-order valence-electron chi connectivity index (χ3n) is 4.37. The van der Waals surface area contributed by atoms with Crippen LogP contribution in [0.25, 0.3) is 0 Å². The van der Waals surface area contributed by atoms with Crippen LogP contribution in [0.1, 0.15) is 24.4 Å². The average Bonchev–Trinajstić information content (AvgIpc) is 3.11. The van der Waals surface area contributed by atoms with Crippen LogP contribution in [0.15, 0.2) is 42.5 Å². The molecule has 0 spiro atoms. The molecule has 25 heavy (non-hydrogen) atoms. The quantitative estimate of drug-likeness (QED) is 0.904. The predicted octanol–water partition coefficient (Wildman–Crippen LogP) is 4.21. The molecule has 0 unspecified atom stereocenters. The number of nitrogens with zero attached hydrogens (tertiary/aromatic N) is 1. The number of carbonyl (C=O) groups is 1. The van der Waals surface area contributed by atoms with Crippen LogP contribution >= 0.6 is 0 Å². The van der Waals surface area contributed by atoms with Crippen LogP contribution < -0.4 is 14.8 Å². The Hall–Kier alpha value is -2.76. The molecule has 1 heterocycles. The summed E-state index contributed by atoms with van der Waals surface area (Å²) in [5.74, 6) is 0.929. The van der Waals surface area contributed by atoms with E-state index in [0.717, 1.165) is 18.4 Å². The van der Waals surface area contributed by atoms with Crippen LogP contribution in [-0.2, 0) is 0 Å². The summed E-state index contributed by atoms with van der Waals surface area (Å²) in [6.45, 7) is 0.662. The Morgan fingerprint density at radius 3 is 2.36 bits per heavy atom. The van der Waals surface area contributed by atoms with Crippen molar-refractivity contribution >= 4 is 11.7 Å². The van der Waals surface area contributed by atoms with Crippen LogP contribution in [0.3, 0.4) is 0 Å². The van der Waals surface area contributed by atoms with Crippen molar-refractivity contribution in [1.82, 2.24) is 4.90 Å². The number of amides is 2. The minimum absolute atomic E-state index is 0.0481. The van der Waals surface area contributed by atoms with Crippen molar-refractivity contribution in [3.05, 3.63) is 53.8 Å². The van der Waals surface area contributed by atoms with E-state index in [2.05, 4.69) is 5.32 Å². The van der Waals surface area contributed by atoms with Gasteiger partial charge < -0.3 is 19.7 Å². The zero-order valence-electron chi connectivity index (χ0n) is 14.3. The molecule has 6 heteroatoms. The van der Waals surface area contributed by atoms with Gasteiger partial charge in [-0.05, 0) is 30.5 Å². The Morgan fingerprint density at radius 2 is 1.76 bits per heavy atom. The molecule has 1 fully saturated rings. The van der Waals surface area contributed by atoms with E-state index in [1.165, 1.54) is 12.1 Å². The summed E-state index contributed by atoms with van der Waals surface area (Å²) in [6.07, 6.45) is 1.78. The fourth-order valence-electron chi connectivity index (χ4n) is 3.12. The Balaban J connectivity index is 1.77. The first-order valence-electron chi connectivity index (χ1n) is 8.17. The highest BCUT2D eigenvalue weighted by Gasteiger charge is 2.30. The molecule has 0 saturated carbocycles. The molecular weight excluding hydrogens is 323 g/mol. The van der Waals surface area contributed by atoms with E-state index >= 15 is 0 Å². The number of methoxy groups -OCH3 is 2. The van der Waals surface area contributed by atoms with E-state index in [1.54, 1.807) is 49.5 Å². The summed E-state index contributed by atoms with van der Waals surface area (Å²) < 4.78 is 23.6. The van der Waals surface area contributed by atoms with E-state index in [9.17, 15) is 9.18 Å². The van der Waals surface area contributed by atoms with E-state index in [1.807, 2.05) is 0 Å². The van der Waals surface area contributed by atoms with Gasteiger partial charge in [-0.1, -0.05) is 12.1 Å². The predicted molar refractivity (Wildman–Crippen MR) is 93.6 cm³/mol. The Kier molecular flexibility index (Phi) is 5.07. The number of anilines is 1. The highest BCUT2D eigenvalue weighted by Crippen LogP contribution is 2.33. The molecule has 5 nitrogen and oxygen atoms in total. The van der Waals surface area contributed by atoms with Crippen LogP contribution in [-0.4, -0.2) is 31.7 Å². The lowest BCUT2D eigenvalue weighted by molar-refractivity contribution is 0.207. The number of hydrogen-bond donors (Lipinski definition) is 1. The maximum absolute atomic E-state index is 13.1. The lowest BCUT2D eigenvalue weighted by Gasteiger charge is -2.25. The van der Waals surface area contributed by atoms with Gasteiger partial charge in [-0.15, -0.1) is 0 Å². The molecule has 0 radical (unpaired) electrons. The number of hydrogen-bond acceptors (Lipinski definition) is 3. The Labute approximate surface area is 146 Å². The number of halogens is 1. The van der Waals surface area contributed by atoms with E-state index < -0.39 is 0 Å². The van der Waals surface area contributed by atoms with Gasteiger partial charge in [-0.25, -0.2) is 9.18 Å². The number of rotatable bonds is 4. The molecule has 2 aromatic rings. The first-order valence-corrected chi connectivity index (χ1v) is 8.17. The minimum atomic E-state index is -0.277. The molecule has 0 bridgehead atoms. The van der Waals surface area contributed by atoms with Crippen LogP contribution in [0.4, 0.5) is 14.9 Å². The molecule has 0 aromatic heterocycles. The fraction of sp³-hybridized carbons (Fsp3) is 0.316. The summed E-state index contributed by atoms with van der Waals surface area (Å²) >= 11 is 0. The van der Waals surface area contributed by atoms with Crippen molar-refractivity contribution in [2.24, 2.45) is 0 Å². The number of nitrogens with one attached hydrogen (secondary N) is 1. The second-order valence-electron chi connectivity index (χ2n) is 5.93. The zero-order valence-corrected chi connectivity index (χ0v) is 14.3. The molecule has 2 amide bonds. The van der Waals surface area contributed by atoms with Gasteiger partial charge >= 0.3 is 6.03 Å². The Morgan fingerprint density at radius 1 is 1.12 bits per heavy atom. The maximum Gasteiger partial charge on any atom is 0.322 e. The summed E-state index contributed by atoms with van der Waals surface area (Å²) in [4.78, 5) is 14.5. The van der Waals surface area contributed by atoms with Gasteiger partial charge in [0.25, 0.3) is 0 Å². The normalized spacial score (nSPS) is 16.6. The molecule has 1 aliphatic rings. The number of urea groups is 1. The molecule has 1 atom stereocenters. The zero-order chi connectivity index (χ0) is 17.8. The standard InChI is InChI=1S/C19H21FN2O3/c1-24-16-10-15(11-17(12-16)25-2)21-19(23)22-9-3-4-18(22)13-5-7-14(20)8-6-13/h5-8,10-12,18H,3-4,9H2,1-2H3,(H,21,23)/t18-/m1/s1. The summed E-state index contributed by atoms with van der Waals surface area (Å²) in [5.41, 5.74) is 1.54. The highest BCUT2D eigenvalue weighted by atomic mass is 19.1.